The summed E-state index contributed by atoms with van der Waals surface area (Å²) in [5.74, 6) is 0.185. The molecule has 1 rings (SSSR count). The molecule has 1 unspecified atom stereocenters. The zero-order chi connectivity index (χ0) is 13.9. The molecule has 0 radical (unpaired) electrons. The second kappa shape index (κ2) is 10.0. The van der Waals surface area contributed by atoms with E-state index in [2.05, 4.69) is 17.0 Å². The molecule has 0 saturated carbocycles. The van der Waals surface area contributed by atoms with Gasteiger partial charge in [-0.25, -0.2) is 0 Å². The second-order valence-corrected chi connectivity index (χ2v) is 5.31. The molecule has 0 aromatic heterocycles. The predicted molar refractivity (Wildman–Crippen MR) is 77.6 cm³/mol. The first-order valence-corrected chi connectivity index (χ1v) is 7.59. The van der Waals surface area contributed by atoms with Gasteiger partial charge in [0.2, 0.25) is 0 Å². The van der Waals surface area contributed by atoms with Gasteiger partial charge >= 0.3 is 0 Å². The number of nitrogens with two attached hydrogens (primary N) is 1. The number of oxime groups is 1. The summed E-state index contributed by atoms with van der Waals surface area (Å²) in [6.07, 6.45) is 9.04. The molecule has 5 heteroatoms. The summed E-state index contributed by atoms with van der Waals surface area (Å²) in [4.78, 5) is 2.35. The summed E-state index contributed by atoms with van der Waals surface area (Å²) in [5.41, 5.74) is 5.58. The molecule has 3 N–H and O–H groups in total. The fourth-order valence-corrected chi connectivity index (χ4v) is 2.44. The Kier molecular flexibility index (Phi) is 8.58. The molecule has 0 bridgehead atoms. The number of amidine groups is 1. The lowest BCUT2D eigenvalue weighted by atomic mass is 10.1. The van der Waals surface area contributed by atoms with Crippen LogP contribution < -0.4 is 5.73 Å². The van der Waals surface area contributed by atoms with E-state index in [1.54, 1.807) is 0 Å². The highest BCUT2D eigenvalue weighted by molar-refractivity contribution is 5.84. The fourth-order valence-electron chi connectivity index (χ4n) is 2.44. The molecular formula is C14H29N3O2. The average Bonchev–Trinajstić information content (AvgIpc) is 2.46. The van der Waals surface area contributed by atoms with Crippen molar-refractivity contribution in [3.63, 3.8) is 0 Å². The van der Waals surface area contributed by atoms with Gasteiger partial charge < -0.3 is 15.7 Å². The maximum atomic E-state index is 8.65. The van der Waals surface area contributed by atoms with Crippen LogP contribution in [0, 0.1) is 0 Å². The van der Waals surface area contributed by atoms with E-state index in [0.717, 1.165) is 19.6 Å². The molecule has 1 heterocycles. The van der Waals surface area contributed by atoms with E-state index in [-0.39, 0.29) is 11.9 Å². The first-order chi connectivity index (χ1) is 9.27. The van der Waals surface area contributed by atoms with Gasteiger partial charge in [0.1, 0.15) is 6.10 Å². The Hall–Kier alpha value is -0.810. The summed E-state index contributed by atoms with van der Waals surface area (Å²) in [6.45, 7) is 5.69. The summed E-state index contributed by atoms with van der Waals surface area (Å²) in [7, 11) is 0. The average molecular weight is 271 g/mol. The molecule has 1 atom stereocenters. The van der Waals surface area contributed by atoms with Crippen LogP contribution >= 0.6 is 0 Å². The fraction of sp³-hybridized carbons (Fsp3) is 0.929. The Bertz CT molecular complexity index is 259. The van der Waals surface area contributed by atoms with E-state index in [1.807, 2.05) is 0 Å². The van der Waals surface area contributed by atoms with Gasteiger partial charge in [0, 0.05) is 13.1 Å². The minimum absolute atomic E-state index is 0.185. The van der Waals surface area contributed by atoms with Gasteiger partial charge in [0.05, 0.1) is 6.61 Å². The first kappa shape index (κ1) is 16.2. The van der Waals surface area contributed by atoms with Crippen molar-refractivity contribution in [2.75, 3.05) is 26.2 Å². The summed E-state index contributed by atoms with van der Waals surface area (Å²) in [5, 5.41) is 11.7. The molecule has 0 spiro atoms. The van der Waals surface area contributed by atoms with Crippen LogP contribution in [-0.2, 0) is 4.74 Å². The number of morpholine rings is 1. The summed E-state index contributed by atoms with van der Waals surface area (Å²) >= 11 is 0. The minimum atomic E-state index is -0.247. The number of rotatable bonds is 9. The normalized spacial score (nSPS) is 21.7. The van der Waals surface area contributed by atoms with Crippen molar-refractivity contribution in [3.8, 4) is 0 Å². The molecule has 1 fully saturated rings. The minimum Gasteiger partial charge on any atom is -0.409 e. The zero-order valence-corrected chi connectivity index (χ0v) is 12.2. The van der Waals surface area contributed by atoms with Crippen molar-refractivity contribution in [2.45, 2.75) is 58.0 Å². The smallest absolute Gasteiger partial charge is 0.169 e. The molecule has 1 aliphatic heterocycles. The molecule has 5 nitrogen and oxygen atoms in total. The lowest BCUT2D eigenvalue weighted by Gasteiger charge is -2.32. The summed E-state index contributed by atoms with van der Waals surface area (Å²) < 4.78 is 5.48. The van der Waals surface area contributed by atoms with Crippen LogP contribution in [0.15, 0.2) is 5.16 Å². The molecule has 0 aliphatic carbocycles. The Morgan fingerprint density at radius 1 is 1.26 bits per heavy atom. The maximum Gasteiger partial charge on any atom is 0.169 e. The molecule has 1 saturated heterocycles. The maximum absolute atomic E-state index is 8.65. The van der Waals surface area contributed by atoms with Crippen LogP contribution in [0.4, 0.5) is 0 Å². The Labute approximate surface area is 116 Å². The van der Waals surface area contributed by atoms with Crippen molar-refractivity contribution in [1.82, 2.24) is 4.90 Å². The Morgan fingerprint density at radius 2 is 1.95 bits per heavy atom. The van der Waals surface area contributed by atoms with Gasteiger partial charge in [-0.05, 0) is 13.0 Å². The van der Waals surface area contributed by atoms with E-state index in [4.69, 9.17) is 15.7 Å². The number of unbranched alkanes of at least 4 members (excludes halogenated alkanes) is 6. The highest BCUT2D eigenvalue weighted by Gasteiger charge is 2.23. The number of hydrogen-bond donors (Lipinski definition) is 2. The van der Waals surface area contributed by atoms with Crippen molar-refractivity contribution in [2.24, 2.45) is 10.9 Å². The van der Waals surface area contributed by atoms with Crippen molar-refractivity contribution in [1.29, 1.82) is 0 Å². The number of nitrogens with zero attached hydrogens (tertiary/aromatic N) is 2. The van der Waals surface area contributed by atoms with Crippen LogP contribution in [-0.4, -0.2) is 48.3 Å². The highest BCUT2D eigenvalue weighted by Crippen LogP contribution is 2.10. The topological polar surface area (TPSA) is 71.1 Å². The molecule has 0 aromatic rings. The van der Waals surface area contributed by atoms with Gasteiger partial charge in [-0.1, -0.05) is 50.6 Å². The molecular weight excluding hydrogens is 242 g/mol. The molecule has 19 heavy (non-hydrogen) atoms. The van der Waals surface area contributed by atoms with Gasteiger partial charge in [0.25, 0.3) is 0 Å². The van der Waals surface area contributed by atoms with Gasteiger partial charge in [-0.2, -0.15) is 0 Å². The first-order valence-electron chi connectivity index (χ1n) is 7.59. The van der Waals surface area contributed by atoms with Crippen LogP contribution in [0.1, 0.15) is 51.9 Å². The van der Waals surface area contributed by atoms with Crippen molar-refractivity contribution >= 4 is 5.84 Å². The monoisotopic (exact) mass is 271 g/mol. The zero-order valence-electron chi connectivity index (χ0n) is 12.2. The van der Waals surface area contributed by atoms with Crippen molar-refractivity contribution < 1.29 is 9.94 Å². The van der Waals surface area contributed by atoms with Crippen LogP contribution in [0.3, 0.4) is 0 Å². The van der Waals surface area contributed by atoms with Gasteiger partial charge in [0.15, 0.2) is 5.84 Å². The summed E-state index contributed by atoms with van der Waals surface area (Å²) in [6, 6.07) is 0. The lowest BCUT2D eigenvalue weighted by molar-refractivity contribution is 0.00414. The van der Waals surface area contributed by atoms with Crippen LogP contribution in [0.25, 0.3) is 0 Å². The Morgan fingerprint density at radius 3 is 2.63 bits per heavy atom. The predicted octanol–water partition coefficient (Wildman–Crippen LogP) is 2.18. The van der Waals surface area contributed by atoms with E-state index in [1.165, 1.54) is 44.9 Å². The molecule has 1 aliphatic rings. The van der Waals surface area contributed by atoms with Crippen LogP contribution in [0.2, 0.25) is 0 Å². The quantitative estimate of drug-likeness (QED) is 0.222. The van der Waals surface area contributed by atoms with E-state index in [9.17, 15) is 0 Å². The second-order valence-electron chi connectivity index (χ2n) is 5.31. The number of ether oxygens (including phenoxy) is 1. The SMILES string of the molecule is CCCCCCCCCN1CCOC(C(N)=NO)C1. The molecule has 0 amide bonds. The lowest BCUT2D eigenvalue weighted by Crippen LogP contribution is -2.48. The largest absolute Gasteiger partial charge is 0.409 e. The number of hydrogen-bond acceptors (Lipinski definition) is 4. The van der Waals surface area contributed by atoms with E-state index < -0.39 is 0 Å². The van der Waals surface area contributed by atoms with Crippen molar-refractivity contribution in [3.05, 3.63) is 0 Å². The van der Waals surface area contributed by atoms with Gasteiger partial charge in [-0.3, -0.25) is 4.90 Å². The molecule has 112 valence electrons. The van der Waals surface area contributed by atoms with E-state index in [0.29, 0.717) is 6.61 Å². The molecule has 0 aromatic carbocycles. The third kappa shape index (κ3) is 6.78. The highest BCUT2D eigenvalue weighted by atomic mass is 16.5. The Balaban J connectivity index is 2.06. The van der Waals surface area contributed by atoms with Gasteiger partial charge in [-0.15, -0.1) is 0 Å². The standard InChI is InChI=1S/C14H29N3O2/c1-2-3-4-5-6-7-8-9-17-10-11-19-13(12-17)14(15)16-18/h13,18H,2-12H2,1H3,(H2,15,16). The third-order valence-corrected chi connectivity index (χ3v) is 3.67. The third-order valence-electron chi connectivity index (χ3n) is 3.67. The van der Waals surface area contributed by atoms with Crippen LogP contribution in [0.5, 0.6) is 0 Å². The van der Waals surface area contributed by atoms with E-state index >= 15 is 0 Å².